The van der Waals surface area contributed by atoms with Crippen molar-refractivity contribution in [1.29, 1.82) is 0 Å². The number of hydrogen-bond acceptors (Lipinski definition) is 4. The first-order chi connectivity index (χ1) is 28.2. The van der Waals surface area contributed by atoms with Crippen LogP contribution in [0, 0.1) is 0 Å². The average molecular weight is 731 g/mol. The van der Waals surface area contributed by atoms with Crippen LogP contribution in [-0.2, 0) is 0 Å². The van der Waals surface area contributed by atoms with Crippen LogP contribution in [0.5, 0.6) is 0 Å². The highest BCUT2D eigenvalue weighted by molar-refractivity contribution is 6.19. The molecule has 0 unspecified atom stereocenters. The number of fused-ring (bicyclic) bond motifs is 5. The molecule has 0 saturated heterocycles. The Hall–Kier alpha value is -7.69. The number of rotatable bonds is 7. The van der Waals surface area contributed by atoms with Crippen molar-refractivity contribution in [2.24, 2.45) is 0 Å². The van der Waals surface area contributed by atoms with E-state index in [2.05, 4.69) is 163 Å². The maximum absolute atomic E-state index is 6.43. The molecule has 0 spiro atoms. The van der Waals surface area contributed by atoms with Crippen LogP contribution in [0.25, 0.3) is 88.6 Å². The highest BCUT2D eigenvalue weighted by Crippen LogP contribution is 2.44. The van der Waals surface area contributed by atoms with E-state index in [0.29, 0.717) is 11.5 Å². The molecule has 0 bridgehead atoms. The number of para-hydroxylation sites is 1. The van der Waals surface area contributed by atoms with Crippen LogP contribution in [0.2, 0.25) is 0 Å². The molecule has 2 aromatic heterocycles. The summed E-state index contributed by atoms with van der Waals surface area (Å²) >= 11 is 0. The highest BCUT2D eigenvalue weighted by Gasteiger charge is 2.22. The molecule has 0 amide bonds. The molecule has 4 nitrogen and oxygen atoms in total. The summed E-state index contributed by atoms with van der Waals surface area (Å²) in [4.78, 5) is 7.43. The molecule has 0 fully saturated rings. The van der Waals surface area contributed by atoms with Gasteiger partial charge in [0.15, 0.2) is 5.58 Å². The maximum Gasteiger partial charge on any atom is 0.227 e. The van der Waals surface area contributed by atoms with Crippen LogP contribution in [0.4, 0.5) is 17.1 Å². The third-order valence-corrected chi connectivity index (χ3v) is 10.9. The van der Waals surface area contributed by atoms with Crippen LogP contribution in [0.15, 0.2) is 215 Å². The molecule has 0 aliphatic carbocycles. The Morgan fingerprint density at radius 2 is 0.912 bits per heavy atom. The zero-order chi connectivity index (χ0) is 37.7. The molecule has 0 aliphatic rings. The van der Waals surface area contributed by atoms with Crippen LogP contribution in [0.1, 0.15) is 0 Å². The van der Waals surface area contributed by atoms with Gasteiger partial charge >= 0.3 is 0 Å². The van der Waals surface area contributed by atoms with Crippen LogP contribution in [-0.4, -0.2) is 4.98 Å². The lowest BCUT2D eigenvalue weighted by molar-refractivity contribution is 0.617. The van der Waals surface area contributed by atoms with E-state index in [0.717, 1.165) is 61.2 Å². The summed E-state index contributed by atoms with van der Waals surface area (Å²) in [6.45, 7) is 0. The summed E-state index contributed by atoms with van der Waals surface area (Å²) in [6, 6.07) is 72.3. The van der Waals surface area contributed by atoms with Gasteiger partial charge in [-0.05, 0) is 93.2 Å². The Balaban J connectivity index is 1.05. The molecule has 268 valence electrons. The van der Waals surface area contributed by atoms with Gasteiger partial charge in [-0.2, -0.15) is 0 Å². The quantitative estimate of drug-likeness (QED) is 0.164. The van der Waals surface area contributed by atoms with Crippen molar-refractivity contribution in [3.8, 4) is 44.8 Å². The van der Waals surface area contributed by atoms with Gasteiger partial charge in [0.05, 0.1) is 0 Å². The zero-order valence-corrected chi connectivity index (χ0v) is 30.8. The minimum absolute atomic E-state index is 0.581. The monoisotopic (exact) mass is 730 g/mol. The normalized spacial score (nSPS) is 11.5. The van der Waals surface area contributed by atoms with E-state index in [1.807, 2.05) is 48.5 Å². The largest absolute Gasteiger partial charge is 0.456 e. The van der Waals surface area contributed by atoms with Gasteiger partial charge in [-0.25, -0.2) is 4.98 Å². The second-order valence-electron chi connectivity index (χ2n) is 14.3. The van der Waals surface area contributed by atoms with E-state index in [4.69, 9.17) is 13.8 Å². The summed E-state index contributed by atoms with van der Waals surface area (Å²) < 4.78 is 12.9. The summed E-state index contributed by atoms with van der Waals surface area (Å²) in [5, 5.41) is 4.55. The molecular formula is C53H34N2O2. The number of anilines is 3. The van der Waals surface area contributed by atoms with Crippen molar-refractivity contribution in [2.45, 2.75) is 0 Å². The first-order valence-electron chi connectivity index (χ1n) is 19.2. The van der Waals surface area contributed by atoms with Crippen molar-refractivity contribution in [1.82, 2.24) is 4.98 Å². The number of oxazole rings is 1. The summed E-state index contributed by atoms with van der Waals surface area (Å²) in [5.74, 6) is 0.581. The average Bonchev–Trinajstić information content (AvgIpc) is 3.88. The van der Waals surface area contributed by atoms with Gasteiger partial charge in [0, 0.05) is 45.0 Å². The second kappa shape index (κ2) is 13.6. The van der Waals surface area contributed by atoms with E-state index in [1.54, 1.807) is 0 Å². The van der Waals surface area contributed by atoms with Crippen LogP contribution < -0.4 is 4.90 Å². The highest BCUT2D eigenvalue weighted by atomic mass is 16.4. The number of nitrogens with zero attached hydrogens (tertiary/aromatic N) is 2. The SMILES string of the molecule is c1ccc(-c2ccc(N(c3ccc(-c4cccc5ccccc45)cc3)c3ccc(-c4c5nc(-c6ccccc6)oc5cc5oc6ccccc6c45)cc3)cc2)cc1. The molecule has 0 atom stereocenters. The van der Waals surface area contributed by atoms with E-state index in [-0.39, 0.29) is 0 Å². The third kappa shape index (κ3) is 5.74. The van der Waals surface area contributed by atoms with Crippen molar-refractivity contribution in [3.05, 3.63) is 206 Å². The van der Waals surface area contributed by atoms with E-state index >= 15 is 0 Å². The fraction of sp³-hybridized carbons (Fsp3) is 0. The predicted octanol–water partition coefficient (Wildman–Crippen LogP) is 15.0. The van der Waals surface area contributed by atoms with E-state index in [1.165, 1.54) is 33.0 Å². The van der Waals surface area contributed by atoms with Gasteiger partial charge in [0.1, 0.15) is 16.7 Å². The Morgan fingerprint density at radius 1 is 0.368 bits per heavy atom. The molecular weight excluding hydrogens is 697 g/mol. The second-order valence-corrected chi connectivity index (χ2v) is 14.3. The minimum atomic E-state index is 0.581. The van der Waals surface area contributed by atoms with Gasteiger partial charge in [-0.1, -0.05) is 146 Å². The topological polar surface area (TPSA) is 42.4 Å². The Labute approximate surface area is 329 Å². The number of furan rings is 1. The fourth-order valence-electron chi connectivity index (χ4n) is 8.18. The van der Waals surface area contributed by atoms with E-state index in [9.17, 15) is 0 Å². The van der Waals surface area contributed by atoms with Crippen molar-refractivity contribution in [2.75, 3.05) is 4.90 Å². The van der Waals surface area contributed by atoms with Crippen molar-refractivity contribution < 1.29 is 8.83 Å². The molecule has 0 saturated carbocycles. The standard InChI is InChI=1S/C53H34N2O2/c1-3-12-35(13-4-1)36-22-28-41(29-23-36)55(42-30-24-38(25-31-42)45-20-11-17-37-14-7-8-18-44(37)45)43-32-26-39(27-33-43)50-51-46-19-9-10-21-47(46)56-48(51)34-49-52(50)54-53(57-49)40-15-5-2-6-16-40/h1-34H. The smallest absolute Gasteiger partial charge is 0.227 e. The van der Waals surface area contributed by atoms with Crippen molar-refractivity contribution >= 4 is 60.9 Å². The molecule has 11 aromatic rings. The molecule has 4 heteroatoms. The minimum Gasteiger partial charge on any atom is -0.456 e. The van der Waals surface area contributed by atoms with E-state index < -0.39 is 0 Å². The van der Waals surface area contributed by atoms with Gasteiger partial charge in [0.25, 0.3) is 0 Å². The van der Waals surface area contributed by atoms with Crippen molar-refractivity contribution in [3.63, 3.8) is 0 Å². The first-order valence-corrected chi connectivity index (χ1v) is 19.2. The number of benzene rings is 9. The molecule has 0 N–H and O–H groups in total. The Kier molecular flexibility index (Phi) is 7.78. The lowest BCUT2D eigenvalue weighted by Crippen LogP contribution is -2.09. The fourth-order valence-corrected chi connectivity index (χ4v) is 8.18. The molecule has 0 aliphatic heterocycles. The van der Waals surface area contributed by atoms with Gasteiger partial charge in [0.2, 0.25) is 5.89 Å². The lowest BCUT2D eigenvalue weighted by atomic mass is 9.97. The first kappa shape index (κ1) is 32.7. The molecule has 57 heavy (non-hydrogen) atoms. The number of hydrogen-bond donors (Lipinski definition) is 0. The van der Waals surface area contributed by atoms with Crippen LogP contribution >= 0.6 is 0 Å². The maximum atomic E-state index is 6.43. The Morgan fingerprint density at radius 3 is 1.61 bits per heavy atom. The lowest BCUT2D eigenvalue weighted by Gasteiger charge is -2.26. The molecule has 2 heterocycles. The zero-order valence-electron chi connectivity index (χ0n) is 30.8. The summed E-state index contributed by atoms with van der Waals surface area (Å²) in [7, 11) is 0. The van der Waals surface area contributed by atoms with Gasteiger partial charge < -0.3 is 13.7 Å². The summed E-state index contributed by atoms with van der Waals surface area (Å²) in [6.07, 6.45) is 0. The Bertz CT molecular complexity index is 3200. The molecule has 11 rings (SSSR count). The third-order valence-electron chi connectivity index (χ3n) is 10.9. The summed E-state index contributed by atoms with van der Waals surface area (Å²) in [5.41, 5.74) is 14.0. The van der Waals surface area contributed by atoms with Gasteiger partial charge in [-0.3, -0.25) is 0 Å². The number of aromatic nitrogens is 1. The predicted molar refractivity (Wildman–Crippen MR) is 235 cm³/mol. The molecule has 9 aromatic carbocycles. The van der Waals surface area contributed by atoms with Crippen LogP contribution in [0.3, 0.4) is 0 Å². The van der Waals surface area contributed by atoms with Gasteiger partial charge in [-0.15, -0.1) is 0 Å². The molecule has 0 radical (unpaired) electrons.